The topological polar surface area (TPSA) is 77.0 Å². The van der Waals surface area contributed by atoms with Crippen LogP contribution in [-0.4, -0.2) is 24.8 Å². The molecule has 1 aliphatic carbocycles. The van der Waals surface area contributed by atoms with E-state index in [1.54, 1.807) is 0 Å². The van der Waals surface area contributed by atoms with Crippen molar-refractivity contribution in [3.8, 4) is 23.0 Å². The Hall–Kier alpha value is -2.42. The normalized spacial score (nSPS) is 19.8. The molecule has 5 rings (SSSR count). The molecule has 0 amide bonds. The Morgan fingerprint density at radius 1 is 1.18 bits per heavy atom. The number of nitrogens with one attached hydrogen (secondary N) is 1. The van der Waals surface area contributed by atoms with E-state index in [2.05, 4.69) is 27.9 Å². The third-order valence-corrected chi connectivity index (χ3v) is 6.31. The molecule has 2 aromatic rings. The van der Waals surface area contributed by atoms with Crippen LogP contribution in [0.2, 0.25) is 0 Å². The van der Waals surface area contributed by atoms with E-state index < -0.39 is 0 Å². The van der Waals surface area contributed by atoms with Crippen LogP contribution >= 0.6 is 22.6 Å². The molecule has 0 bridgehead atoms. The first kappa shape index (κ1) is 17.7. The maximum atomic E-state index is 12.9. The molecule has 144 valence electrons. The zero-order chi connectivity index (χ0) is 19.4. The highest BCUT2D eigenvalue weighted by atomic mass is 127. The van der Waals surface area contributed by atoms with Crippen molar-refractivity contribution < 1.29 is 24.1 Å². The molecule has 1 atom stereocenters. The smallest absolute Gasteiger partial charge is 0.231 e. The van der Waals surface area contributed by atoms with Crippen LogP contribution in [0.25, 0.3) is 0 Å². The van der Waals surface area contributed by atoms with Gasteiger partial charge in [0.25, 0.3) is 0 Å². The first-order valence-electron chi connectivity index (χ1n) is 9.10. The maximum absolute atomic E-state index is 12.9. The van der Waals surface area contributed by atoms with Gasteiger partial charge < -0.3 is 24.6 Å². The zero-order valence-electron chi connectivity index (χ0n) is 15.2. The molecule has 0 saturated carbocycles. The first-order chi connectivity index (χ1) is 13.6. The second kappa shape index (κ2) is 6.58. The maximum Gasteiger partial charge on any atom is 0.231 e. The molecule has 0 spiro atoms. The second-order valence-corrected chi connectivity index (χ2v) is 8.24. The Kier molecular flexibility index (Phi) is 4.15. The summed E-state index contributed by atoms with van der Waals surface area (Å²) in [7, 11) is 1.53. The number of benzene rings is 2. The molecule has 6 nitrogen and oxygen atoms in total. The number of Topliss-reactive ketones (excluding diaryl/α,β-unsaturated/α-hetero) is 1. The largest absolute Gasteiger partial charge is 0.504 e. The van der Waals surface area contributed by atoms with E-state index >= 15 is 0 Å². The number of aromatic hydroxyl groups is 1. The Bertz CT molecular complexity index is 1050. The SMILES string of the molecule is COc1cc(C2C3=C(CCCC3=O)Nc3cc4c(cc32)OCO4)cc(I)c1O. The van der Waals surface area contributed by atoms with Gasteiger partial charge in [0, 0.05) is 35.4 Å². The summed E-state index contributed by atoms with van der Waals surface area (Å²) >= 11 is 2.09. The summed E-state index contributed by atoms with van der Waals surface area (Å²) < 4.78 is 17.2. The van der Waals surface area contributed by atoms with Crippen LogP contribution < -0.4 is 19.5 Å². The van der Waals surface area contributed by atoms with Crippen molar-refractivity contribution in [1.29, 1.82) is 0 Å². The van der Waals surface area contributed by atoms with Crippen molar-refractivity contribution in [2.45, 2.75) is 25.2 Å². The van der Waals surface area contributed by atoms with Crippen LogP contribution in [0.15, 0.2) is 35.5 Å². The fourth-order valence-electron chi connectivity index (χ4n) is 4.21. The molecule has 2 aromatic carbocycles. The number of rotatable bonds is 2. The van der Waals surface area contributed by atoms with Crippen LogP contribution in [0.1, 0.15) is 36.3 Å². The highest BCUT2D eigenvalue weighted by molar-refractivity contribution is 14.1. The fourth-order valence-corrected chi connectivity index (χ4v) is 4.84. The molecular formula is C21H18INO5. The van der Waals surface area contributed by atoms with Crippen LogP contribution in [0.3, 0.4) is 0 Å². The average Bonchev–Trinajstić information content (AvgIpc) is 3.14. The number of hydrogen-bond donors (Lipinski definition) is 2. The lowest BCUT2D eigenvalue weighted by atomic mass is 9.75. The minimum Gasteiger partial charge on any atom is -0.504 e. The van der Waals surface area contributed by atoms with Crippen molar-refractivity contribution in [2.75, 3.05) is 19.2 Å². The summed E-state index contributed by atoms with van der Waals surface area (Å²) in [4.78, 5) is 12.9. The highest BCUT2D eigenvalue weighted by Crippen LogP contribution is 2.50. The van der Waals surface area contributed by atoms with Gasteiger partial charge in [-0.15, -0.1) is 0 Å². The van der Waals surface area contributed by atoms with E-state index in [1.807, 2.05) is 24.3 Å². The number of anilines is 1. The van der Waals surface area contributed by atoms with Crippen molar-refractivity contribution in [1.82, 2.24) is 0 Å². The van der Waals surface area contributed by atoms with Crippen LogP contribution in [-0.2, 0) is 4.79 Å². The number of allylic oxidation sites excluding steroid dienone is 2. The Morgan fingerprint density at radius 2 is 1.96 bits per heavy atom. The molecule has 1 unspecified atom stereocenters. The molecule has 2 heterocycles. The molecular weight excluding hydrogens is 473 g/mol. The molecule has 28 heavy (non-hydrogen) atoms. The van der Waals surface area contributed by atoms with E-state index in [-0.39, 0.29) is 24.2 Å². The van der Waals surface area contributed by atoms with Gasteiger partial charge in [-0.25, -0.2) is 0 Å². The molecule has 3 aliphatic rings. The van der Waals surface area contributed by atoms with E-state index in [0.29, 0.717) is 27.2 Å². The lowest BCUT2D eigenvalue weighted by molar-refractivity contribution is -0.116. The summed E-state index contributed by atoms with van der Waals surface area (Å²) in [6.45, 7) is 0.194. The van der Waals surface area contributed by atoms with Crippen LogP contribution in [0.4, 0.5) is 5.69 Å². The number of methoxy groups -OCH3 is 1. The van der Waals surface area contributed by atoms with Gasteiger partial charge in [-0.3, -0.25) is 4.79 Å². The molecule has 0 fully saturated rings. The van der Waals surface area contributed by atoms with Crippen molar-refractivity contribution in [2.24, 2.45) is 0 Å². The second-order valence-electron chi connectivity index (χ2n) is 7.07. The molecule has 0 aromatic heterocycles. The van der Waals surface area contributed by atoms with Gasteiger partial charge in [0.2, 0.25) is 6.79 Å². The number of hydrogen-bond acceptors (Lipinski definition) is 6. The predicted molar refractivity (Wildman–Crippen MR) is 111 cm³/mol. The predicted octanol–water partition coefficient (Wildman–Crippen LogP) is 4.30. The third kappa shape index (κ3) is 2.63. The van der Waals surface area contributed by atoms with Crippen molar-refractivity contribution in [3.63, 3.8) is 0 Å². The lowest BCUT2D eigenvalue weighted by Crippen LogP contribution is -2.27. The number of phenols is 1. The standard InChI is InChI=1S/C21H18INO5/c1-26-18-6-10(5-12(22)21(18)25)19-11-7-16-17(28-9-27-16)8-14(11)23-13-3-2-4-15(24)20(13)19/h5-8,19,23,25H,2-4,9H2,1H3. The molecule has 2 N–H and O–H groups in total. The van der Waals surface area contributed by atoms with Gasteiger partial charge in [-0.05, 0) is 64.8 Å². The molecule has 0 radical (unpaired) electrons. The number of ketones is 1. The minimum absolute atomic E-state index is 0.107. The summed E-state index contributed by atoms with van der Waals surface area (Å²) in [6, 6.07) is 7.62. The van der Waals surface area contributed by atoms with E-state index in [4.69, 9.17) is 14.2 Å². The van der Waals surface area contributed by atoms with Gasteiger partial charge in [-0.1, -0.05) is 0 Å². The summed E-state index contributed by atoms with van der Waals surface area (Å²) in [6.07, 6.45) is 2.22. The number of carbonyl (C=O) groups is 1. The fraction of sp³-hybridized carbons (Fsp3) is 0.286. The van der Waals surface area contributed by atoms with E-state index in [9.17, 15) is 9.90 Å². The van der Waals surface area contributed by atoms with Crippen molar-refractivity contribution in [3.05, 3.63) is 50.2 Å². The lowest BCUT2D eigenvalue weighted by Gasteiger charge is -2.34. The van der Waals surface area contributed by atoms with Crippen LogP contribution in [0, 0.1) is 3.57 Å². The van der Waals surface area contributed by atoms with E-state index in [0.717, 1.165) is 40.9 Å². The van der Waals surface area contributed by atoms with Gasteiger partial charge in [-0.2, -0.15) is 0 Å². The van der Waals surface area contributed by atoms with Gasteiger partial charge in [0.1, 0.15) is 0 Å². The minimum atomic E-state index is -0.253. The number of phenolic OH excluding ortho intramolecular Hbond substituents is 1. The summed E-state index contributed by atoms with van der Waals surface area (Å²) in [5.74, 6) is 1.79. The molecule has 2 aliphatic heterocycles. The molecule has 7 heteroatoms. The first-order valence-corrected chi connectivity index (χ1v) is 10.2. The van der Waals surface area contributed by atoms with Gasteiger partial charge in [0.15, 0.2) is 28.8 Å². The van der Waals surface area contributed by atoms with Gasteiger partial charge >= 0.3 is 0 Å². The third-order valence-electron chi connectivity index (χ3n) is 5.49. The van der Waals surface area contributed by atoms with Crippen molar-refractivity contribution >= 4 is 34.1 Å². The Balaban J connectivity index is 1.75. The Morgan fingerprint density at radius 3 is 2.75 bits per heavy atom. The zero-order valence-corrected chi connectivity index (χ0v) is 17.3. The van der Waals surface area contributed by atoms with Crippen LogP contribution in [0.5, 0.6) is 23.0 Å². The summed E-state index contributed by atoms with van der Waals surface area (Å²) in [5.41, 5.74) is 4.55. The average molecular weight is 491 g/mol. The number of fused-ring (bicyclic) bond motifs is 2. The number of halogens is 1. The summed E-state index contributed by atoms with van der Waals surface area (Å²) in [5, 5.41) is 13.7. The Labute approximate surface area is 175 Å². The van der Waals surface area contributed by atoms with Gasteiger partial charge in [0.05, 0.1) is 10.7 Å². The quantitative estimate of drug-likeness (QED) is 0.611. The highest BCUT2D eigenvalue weighted by Gasteiger charge is 2.37. The monoisotopic (exact) mass is 491 g/mol. The van der Waals surface area contributed by atoms with E-state index in [1.165, 1.54) is 7.11 Å². The number of ether oxygens (including phenoxy) is 3. The molecule has 0 saturated heterocycles. The number of carbonyl (C=O) groups excluding carboxylic acids is 1.